The molecule has 1 aliphatic heterocycles. The van der Waals surface area contributed by atoms with E-state index in [4.69, 9.17) is 5.41 Å². The highest BCUT2D eigenvalue weighted by Crippen LogP contribution is 2.42. The van der Waals surface area contributed by atoms with Crippen LogP contribution in [0.15, 0.2) is 42.5 Å². The number of carbonyl (C=O) groups is 1. The number of alkyl halides is 2. The summed E-state index contributed by atoms with van der Waals surface area (Å²) in [6, 6.07) is 8.18. The maximum atomic E-state index is 14.6. The van der Waals surface area contributed by atoms with Gasteiger partial charge in [0.15, 0.2) is 5.96 Å². The lowest BCUT2D eigenvalue weighted by Crippen LogP contribution is -2.62. The zero-order valence-electron chi connectivity index (χ0n) is 15.5. The molecule has 0 unspecified atom stereocenters. The van der Waals surface area contributed by atoms with Crippen LogP contribution in [0, 0.1) is 17.0 Å². The van der Waals surface area contributed by atoms with Crippen molar-refractivity contribution in [2.45, 2.75) is 31.2 Å². The number of nitrogens with one attached hydrogen (secondary N) is 2. The minimum atomic E-state index is -3.04. The summed E-state index contributed by atoms with van der Waals surface area (Å²) >= 11 is 0. The fourth-order valence-electron chi connectivity index (χ4n) is 3.53. The molecule has 1 fully saturated rings. The molecule has 0 saturated carbocycles. The molecule has 0 aliphatic carbocycles. The average molecular weight is 393 g/mol. The molecule has 0 aromatic heterocycles. The molecule has 28 heavy (non-hydrogen) atoms. The Bertz CT molecular complexity index is 939. The second-order valence-corrected chi connectivity index (χ2v) is 7.14. The van der Waals surface area contributed by atoms with Crippen molar-refractivity contribution in [3.8, 4) is 0 Å². The third-order valence-electron chi connectivity index (χ3n) is 5.11. The lowest BCUT2D eigenvalue weighted by molar-refractivity contribution is -0.131. The average Bonchev–Trinajstić information content (AvgIpc) is 2.59. The fraction of sp³-hybridized carbons (Fsp3) is 0.300. The SMILES string of the molecule is CN1C(=N)N[C@](C)(c2ccc(F)cc2F)[C@@H](c2ccc(C(C)(F)F)cc2)C1=O. The molecule has 1 heterocycles. The molecule has 2 N–H and O–H groups in total. The molecule has 1 saturated heterocycles. The molecule has 4 nitrogen and oxygen atoms in total. The van der Waals surface area contributed by atoms with Gasteiger partial charge in [-0.15, -0.1) is 0 Å². The summed E-state index contributed by atoms with van der Waals surface area (Å²) in [5, 5.41) is 10.8. The number of guanidine groups is 1. The molecule has 2 aromatic rings. The van der Waals surface area contributed by atoms with Gasteiger partial charge in [0, 0.05) is 31.2 Å². The normalized spacial score (nSPS) is 23.0. The number of likely N-dealkylation sites (N-methyl/N-ethyl adjacent to an activating group) is 1. The van der Waals surface area contributed by atoms with Crippen molar-refractivity contribution < 1.29 is 22.4 Å². The first kappa shape index (κ1) is 19.9. The molecular weight excluding hydrogens is 374 g/mol. The van der Waals surface area contributed by atoms with Crippen LogP contribution in [-0.2, 0) is 16.3 Å². The van der Waals surface area contributed by atoms with E-state index in [1.807, 2.05) is 0 Å². The summed E-state index contributed by atoms with van der Waals surface area (Å²) in [6.45, 7) is 2.29. The molecule has 1 amide bonds. The molecule has 8 heteroatoms. The quantitative estimate of drug-likeness (QED) is 0.773. The summed E-state index contributed by atoms with van der Waals surface area (Å²) < 4.78 is 55.0. The molecular formula is C20H19F4N3O. The van der Waals surface area contributed by atoms with Crippen LogP contribution in [0.3, 0.4) is 0 Å². The van der Waals surface area contributed by atoms with Crippen molar-refractivity contribution in [3.63, 3.8) is 0 Å². The van der Waals surface area contributed by atoms with Gasteiger partial charge >= 0.3 is 0 Å². The Hall–Kier alpha value is -2.90. The predicted molar refractivity (Wildman–Crippen MR) is 96.1 cm³/mol. The van der Waals surface area contributed by atoms with Crippen molar-refractivity contribution in [1.82, 2.24) is 10.2 Å². The van der Waals surface area contributed by atoms with Crippen LogP contribution in [0.4, 0.5) is 17.6 Å². The fourth-order valence-corrected chi connectivity index (χ4v) is 3.53. The van der Waals surface area contributed by atoms with Crippen molar-refractivity contribution >= 4 is 11.9 Å². The van der Waals surface area contributed by atoms with Crippen LogP contribution in [0.1, 0.15) is 36.5 Å². The van der Waals surface area contributed by atoms with Gasteiger partial charge in [-0.2, -0.15) is 0 Å². The van der Waals surface area contributed by atoms with Crippen LogP contribution >= 0.6 is 0 Å². The van der Waals surface area contributed by atoms with Crippen LogP contribution in [0.25, 0.3) is 0 Å². The van der Waals surface area contributed by atoms with E-state index < -0.39 is 34.9 Å². The van der Waals surface area contributed by atoms with Gasteiger partial charge in [0.25, 0.3) is 5.92 Å². The Morgan fingerprint density at radius 3 is 2.29 bits per heavy atom. The van der Waals surface area contributed by atoms with E-state index in [9.17, 15) is 22.4 Å². The molecule has 2 aromatic carbocycles. The van der Waals surface area contributed by atoms with Crippen molar-refractivity contribution in [2.24, 2.45) is 0 Å². The molecule has 1 aliphatic rings. The molecule has 0 bridgehead atoms. The minimum Gasteiger partial charge on any atom is -0.346 e. The predicted octanol–water partition coefficient (Wildman–Crippen LogP) is 4.07. The van der Waals surface area contributed by atoms with E-state index in [2.05, 4.69) is 5.32 Å². The van der Waals surface area contributed by atoms with Gasteiger partial charge in [-0.05, 0) is 18.6 Å². The maximum Gasteiger partial charge on any atom is 0.270 e. The molecule has 2 atom stereocenters. The number of nitrogens with zero attached hydrogens (tertiary/aromatic N) is 1. The van der Waals surface area contributed by atoms with E-state index in [-0.39, 0.29) is 17.1 Å². The standard InChI is InChI=1S/C20H19F4N3O/c1-19(14-9-8-13(21)10-15(14)22)16(17(28)27(3)18(25)26-19)11-4-6-12(7-5-11)20(2,23)24/h4-10,16H,1-3H3,(H2,25,26)/t16-,19+/m0/s1. The van der Waals surface area contributed by atoms with Crippen LogP contribution in [-0.4, -0.2) is 23.8 Å². The lowest BCUT2D eigenvalue weighted by atomic mass is 9.73. The minimum absolute atomic E-state index is 0.00463. The maximum absolute atomic E-state index is 14.6. The molecule has 0 spiro atoms. The zero-order valence-corrected chi connectivity index (χ0v) is 15.5. The van der Waals surface area contributed by atoms with E-state index in [1.165, 1.54) is 44.3 Å². The highest BCUT2D eigenvalue weighted by molar-refractivity contribution is 6.02. The van der Waals surface area contributed by atoms with Gasteiger partial charge in [0.2, 0.25) is 5.91 Å². The van der Waals surface area contributed by atoms with Gasteiger partial charge in [-0.25, -0.2) is 17.6 Å². The van der Waals surface area contributed by atoms with Gasteiger partial charge in [-0.3, -0.25) is 15.1 Å². The third kappa shape index (κ3) is 3.23. The number of amides is 1. The lowest BCUT2D eigenvalue weighted by Gasteiger charge is -2.46. The first-order valence-electron chi connectivity index (χ1n) is 8.53. The van der Waals surface area contributed by atoms with E-state index in [0.29, 0.717) is 11.6 Å². The second-order valence-electron chi connectivity index (χ2n) is 7.14. The van der Waals surface area contributed by atoms with E-state index >= 15 is 0 Å². The molecule has 0 radical (unpaired) electrons. The van der Waals surface area contributed by atoms with Gasteiger partial charge in [-0.1, -0.05) is 30.3 Å². The van der Waals surface area contributed by atoms with Crippen LogP contribution in [0.5, 0.6) is 0 Å². The smallest absolute Gasteiger partial charge is 0.270 e. The summed E-state index contributed by atoms with van der Waals surface area (Å²) in [6.07, 6.45) is 0. The highest BCUT2D eigenvalue weighted by atomic mass is 19.3. The Balaban J connectivity index is 2.16. The zero-order chi connectivity index (χ0) is 20.9. The number of rotatable bonds is 3. The topological polar surface area (TPSA) is 56.2 Å². The summed E-state index contributed by atoms with van der Waals surface area (Å²) in [5.41, 5.74) is -1.27. The largest absolute Gasteiger partial charge is 0.346 e. The Morgan fingerprint density at radius 2 is 1.75 bits per heavy atom. The number of halogens is 4. The van der Waals surface area contributed by atoms with Crippen molar-refractivity contribution in [2.75, 3.05) is 7.05 Å². The number of hydrogen-bond donors (Lipinski definition) is 2. The van der Waals surface area contributed by atoms with E-state index in [0.717, 1.165) is 17.9 Å². The number of hydrogen-bond acceptors (Lipinski definition) is 2. The van der Waals surface area contributed by atoms with Crippen LogP contribution in [0.2, 0.25) is 0 Å². The number of benzene rings is 2. The van der Waals surface area contributed by atoms with Gasteiger partial charge < -0.3 is 5.32 Å². The molecule has 148 valence electrons. The molecule has 3 rings (SSSR count). The highest BCUT2D eigenvalue weighted by Gasteiger charge is 2.49. The summed E-state index contributed by atoms with van der Waals surface area (Å²) in [5.74, 6) is -6.47. The Labute approximate surface area is 159 Å². The summed E-state index contributed by atoms with van der Waals surface area (Å²) in [7, 11) is 1.39. The number of carbonyl (C=O) groups excluding carboxylic acids is 1. The van der Waals surface area contributed by atoms with Gasteiger partial charge in [0.1, 0.15) is 11.6 Å². The first-order valence-corrected chi connectivity index (χ1v) is 8.53. The summed E-state index contributed by atoms with van der Waals surface area (Å²) in [4.78, 5) is 14.1. The van der Waals surface area contributed by atoms with E-state index in [1.54, 1.807) is 0 Å². The first-order chi connectivity index (χ1) is 12.9. The van der Waals surface area contributed by atoms with Gasteiger partial charge in [0.05, 0.1) is 11.5 Å². The van der Waals surface area contributed by atoms with Crippen molar-refractivity contribution in [3.05, 3.63) is 70.8 Å². The van der Waals surface area contributed by atoms with Crippen molar-refractivity contribution in [1.29, 1.82) is 5.41 Å². The Morgan fingerprint density at radius 1 is 1.14 bits per heavy atom. The monoisotopic (exact) mass is 393 g/mol. The second kappa shape index (κ2) is 6.61. The van der Waals surface area contributed by atoms with Crippen LogP contribution < -0.4 is 5.32 Å². The third-order valence-corrected chi connectivity index (χ3v) is 5.11. The Kier molecular flexibility index (Phi) is 4.69.